The summed E-state index contributed by atoms with van der Waals surface area (Å²) in [7, 11) is 0. The van der Waals surface area contributed by atoms with Crippen LogP contribution in [0.3, 0.4) is 0 Å². The molecule has 3 aromatic carbocycles. The summed E-state index contributed by atoms with van der Waals surface area (Å²) in [6.45, 7) is 0. The van der Waals surface area contributed by atoms with E-state index in [4.69, 9.17) is 4.74 Å². The van der Waals surface area contributed by atoms with E-state index in [1.807, 2.05) is 78.9 Å². The Balaban J connectivity index is 1.77. The summed E-state index contributed by atoms with van der Waals surface area (Å²) < 4.78 is 6.75. The maximum absolute atomic E-state index is 5.84. The second-order valence-corrected chi connectivity index (χ2v) is 5.41. The van der Waals surface area contributed by atoms with E-state index >= 15 is 0 Å². The molecule has 0 aromatic heterocycles. The van der Waals surface area contributed by atoms with Gasteiger partial charge in [0.25, 0.3) is 0 Å². The van der Waals surface area contributed by atoms with Gasteiger partial charge >= 0.3 is 0 Å². The molecule has 0 aliphatic carbocycles. The Morgan fingerprint density at radius 1 is 0.714 bits per heavy atom. The summed E-state index contributed by atoms with van der Waals surface area (Å²) >= 11 is 3.55. The van der Waals surface area contributed by atoms with Crippen molar-refractivity contribution in [1.82, 2.24) is 0 Å². The van der Waals surface area contributed by atoms with Crippen molar-refractivity contribution in [3.63, 3.8) is 0 Å². The van der Waals surface area contributed by atoms with Gasteiger partial charge in [-0.3, -0.25) is 0 Å². The van der Waals surface area contributed by atoms with E-state index in [-0.39, 0.29) is 0 Å². The second-order valence-electron chi connectivity index (χ2n) is 4.55. The molecule has 0 atom stereocenters. The molecular weight excluding hydrogens is 326 g/mol. The molecule has 0 fully saturated rings. The number of hydrogen-bond acceptors (Lipinski definition) is 2. The van der Waals surface area contributed by atoms with Crippen molar-refractivity contribution >= 4 is 27.3 Å². The van der Waals surface area contributed by atoms with Gasteiger partial charge in [-0.25, -0.2) is 0 Å². The SMILES string of the molecule is Brc1cc(Nc2ccccc2)ccc1Oc1ccccc1. The van der Waals surface area contributed by atoms with Crippen LogP contribution < -0.4 is 10.1 Å². The van der Waals surface area contributed by atoms with E-state index in [1.54, 1.807) is 0 Å². The molecule has 104 valence electrons. The Labute approximate surface area is 132 Å². The minimum atomic E-state index is 0.791. The molecule has 0 spiro atoms. The minimum Gasteiger partial charge on any atom is -0.456 e. The van der Waals surface area contributed by atoms with Crippen LogP contribution in [0, 0.1) is 0 Å². The van der Waals surface area contributed by atoms with Gasteiger partial charge < -0.3 is 10.1 Å². The Kier molecular flexibility index (Phi) is 4.22. The van der Waals surface area contributed by atoms with Gasteiger partial charge in [-0.2, -0.15) is 0 Å². The van der Waals surface area contributed by atoms with Crippen molar-refractivity contribution in [2.24, 2.45) is 0 Å². The quantitative estimate of drug-likeness (QED) is 0.630. The van der Waals surface area contributed by atoms with E-state index in [0.29, 0.717) is 0 Å². The van der Waals surface area contributed by atoms with E-state index in [9.17, 15) is 0 Å². The van der Waals surface area contributed by atoms with Crippen LogP contribution >= 0.6 is 15.9 Å². The van der Waals surface area contributed by atoms with Crippen molar-refractivity contribution < 1.29 is 4.74 Å². The van der Waals surface area contributed by atoms with Crippen molar-refractivity contribution in [3.05, 3.63) is 83.3 Å². The van der Waals surface area contributed by atoms with Gasteiger partial charge in [-0.05, 0) is 58.4 Å². The molecule has 2 nitrogen and oxygen atoms in total. The van der Waals surface area contributed by atoms with Gasteiger partial charge in [0.05, 0.1) is 4.47 Å². The summed E-state index contributed by atoms with van der Waals surface area (Å²) in [5.41, 5.74) is 2.06. The lowest BCUT2D eigenvalue weighted by atomic mass is 10.2. The number of halogens is 1. The first-order valence-electron chi connectivity index (χ1n) is 6.66. The predicted molar refractivity (Wildman–Crippen MR) is 90.4 cm³/mol. The number of para-hydroxylation sites is 2. The summed E-state index contributed by atoms with van der Waals surface area (Å²) in [5, 5.41) is 3.35. The highest BCUT2D eigenvalue weighted by Crippen LogP contribution is 2.32. The van der Waals surface area contributed by atoms with E-state index in [2.05, 4.69) is 21.2 Å². The highest BCUT2D eigenvalue weighted by molar-refractivity contribution is 9.10. The van der Waals surface area contributed by atoms with Gasteiger partial charge in [0.2, 0.25) is 0 Å². The molecule has 3 aromatic rings. The number of anilines is 2. The molecule has 0 saturated carbocycles. The zero-order valence-corrected chi connectivity index (χ0v) is 12.9. The molecule has 3 rings (SSSR count). The molecular formula is C18H14BrNO. The van der Waals surface area contributed by atoms with Gasteiger partial charge in [0.15, 0.2) is 0 Å². The fraction of sp³-hybridized carbons (Fsp3) is 0. The number of benzene rings is 3. The van der Waals surface area contributed by atoms with Crippen molar-refractivity contribution in [1.29, 1.82) is 0 Å². The fourth-order valence-corrected chi connectivity index (χ4v) is 2.42. The summed E-state index contributed by atoms with van der Waals surface area (Å²) in [6.07, 6.45) is 0. The fourth-order valence-electron chi connectivity index (χ4n) is 1.97. The van der Waals surface area contributed by atoms with Crippen molar-refractivity contribution in [2.75, 3.05) is 5.32 Å². The molecule has 1 N–H and O–H groups in total. The van der Waals surface area contributed by atoms with Gasteiger partial charge in [0, 0.05) is 11.4 Å². The lowest BCUT2D eigenvalue weighted by molar-refractivity contribution is 0.480. The zero-order chi connectivity index (χ0) is 14.5. The maximum Gasteiger partial charge on any atom is 0.141 e. The maximum atomic E-state index is 5.84. The molecule has 3 heteroatoms. The molecule has 0 heterocycles. The molecule has 0 radical (unpaired) electrons. The Morgan fingerprint density at radius 3 is 2.05 bits per heavy atom. The third kappa shape index (κ3) is 3.64. The molecule has 0 bridgehead atoms. The van der Waals surface area contributed by atoms with Gasteiger partial charge in [0.1, 0.15) is 11.5 Å². The molecule has 0 aliphatic heterocycles. The number of hydrogen-bond donors (Lipinski definition) is 1. The molecule has 0 saturated heterocycles. The van der Waals surface area contributed by atoms with Crippen LogP contribution in [0.25, 0.3) is 0 Å². The Morgan fingerprint density at radius 2 is 1.38 bits per heavy atom. The van der Waals surface area contributed by atoms with Crippen LogP contribution in [0.2, 0.25) is 0 Å². The summed E-state index contributed by atoms with van der Waals surface area (Å²) in [5.74, 6) is 1.61. The van der Waals surface area contributed by atoms with E-state index < -0.39 is 0 Å². The first-order valence-corrected chi connectivity index (χ1v) is 7.45. The van der Waals surface area contributed by atoms with Gasteiger partial charge in [-0.15, -0.1) is 0 Å². The molecule has 0 amide bonds. The lowest BCUT2D eigenvalue weighted by Crippen LogP contribution is -1.91. The van der Waals surface area contributed by atoms with Crippen LogP contribution in [0.15, 0.2) is 83.3 Å². The smallest absolute Gasteiger partial charge is 0.141 e. The van der Waals surface area contributed by atoms with E-state index in [0.717, 1.165) is 27.3 Å². The number of ether oxygens (including phenoxy) is 1. The molecule has 21 heavy (non-hydrogen) atoms. The Bertz CT molecular complexity index is 714. The molecule has 0 aliphatic rings. The average molecular weight is 340 g/mol. The topological polar surface area (TPSA) is 21.3 Å². The normalized spacial score (nSPS) is 10.1. The summed E-state index contributed by atoms with van der Waals surface area (Å²) in [4.78, 5) is 0. The first kappa shape index (κ1) is 13.7. The Hall–Kier alpha value is -2.26. The van der Waals surface area contributed by atoms with Crippen molar-refractivity contribution in [2.45, 2.75) is 0 Å². The van der Waals surface area contributed by atoms with Crippen LogP contribution in [0.1, 0.15) is 0 Å². The number of rotatable bonds is 4. The monoisotopic (exact) mass is 339 g/mol. The number of nitrogens with one attached hydrogen (secondary N) is 1. The second kappa shape index (κ2) is 6.46. The summed E-state index contributed by atoms with van der Waals surface area (Å²) in [6, 6.07) is 25.8. The van der Waals surface area contributed by atoms with Gasteiger partial charge in [-0.1, -0.05) is 36.4 Å². The third-order valence-electron chi connectivity index (χ3n) is 2.97. The largest absolute Gasteiger partial charge is 0.456 e. The minimum absolute atomic E-state index is 0.791. The average Bonchev–Trinajstić information content (AvgIpc) is 2.52. The van der Waals surface area contributed by atoms with E-state index in [1.165, 1.54) is 0 Å². The van der Waals surface area contributed by atoms with Crippen LogP contribution in [-0.4, -0.2) is 0 Å². The zero-order valence-electron chi connectivity index (χ0n) is 11.3. The van der Waals surface area contributed by atoms with Crippen LogP contribution in [0.5, 0.6) is 11.5 Å². The first-order chi connectivity index (χ1) is 10.3. The van der Waals surface area contributed by atoms with Crippen molar-refractivity contribution in [3.8, 4) is 11.5 Å². The van der Waals surface area contributed by atoms with Crippen LogP contribution in [-0.2, 0) is 0 Å². The van der Waals surface area contributed by atoms with Crippen LogP contribution in [0.4, 0.5) is 11.4 Å². The highest BCUT2D eigenvalue weighted by Gasteiger charge is 2.04. The third-order valence-corrected chi connectivity index (χ3v) is 3.59. The predicted octanol–water partition coefficient (Wildman–Crippen LogP) is 5.99. The molecule has 0 unspecified atom stereocenters. The standard InChI is InChI=1S/C18H14BrNO/c19-17-13-15(20-14-7-3-1-4-8-14)11-12-18(17)21-16-9-5-2-6-10-16/h1-13,20H. The lowest BCUT2D eigenvalue weighted by Gasteiger charge is -2.11. The highest BCUT2D eigenvalue weighted by atomic mass is 79.9.